The number of nitrogens with one attached hydrogen (secondary N) is 2. The standard InChI is InChI=1S/C21H26N2O3/c1-15-7-10-20(25-2)19(13-15)23-21(24)22-11-12-26-18-9-8-16-5-3-4-6-17(16)14-18/h7-10,13-14H,3-6,11-12H2,1-2H3,(H2,22,23,24). The first-order valence-electron chi connectivity index (χ1n) is 9.10. The lowest BCUT2D eigenvalue weighted by Crippen LogP contribution is -2.32. The van der Waals surface area contributed by atoms with Gasteiger partial charge < -0.3 is 20.1 Å². The van der Waals surface area contributed by atoms with Gasteiger partial charge in [-0.15, -0.1) is 0 Å². The smallest absolute Gasteiger partial charge is 0.319 e. The van der Waals surface area contributed by atoms with Gasteiger partial charge >= 0.3 is 6.03 Å². The van der Waals surface area contributed by atoms with Gasteiger partial charge in [-0.2, -0.15) is 0 Å². The molecular formula is C21H26N2O3. The average molecular weight is 354 g/mol. The highest BCUT2D eigenvalue weighted by Crippen LogP contribution is 2.26. The van der Waals surface area contributed by atoms with Crippen molar-refractivity contribution in [3.05, 3.63) is 53.1 Å². The summed E-state index contributed by atoms with van der Waals surface area (Å²) in [5.74, 6) is 1.50. The fourth-order valence-electron chi connectivity index (χ4n) is 3.22. The number of amides is 2. The van der Waals surface area contributed by atoms with E-state index >= 15 is 0 Å². The molecule has 5 heteroatoms. The van der Waals surface area contributed by atoms with Crippen molar-refractivity contribution in [1.82, 2.24) is 5.32 Å². The molecule has 138 valence electrons. The van der Waals surface area contributed by atoms with Gasteiger partial charge in [-0.25, -0.2) is 4.79 Å². The van der Waals surface area contributed by atoms with Crippen LogP contribution in [0, 0.1) is 6.92 Å². The SMILES string of the molecule is COc1ccc(C)cc1NC(=O)NCCOc1ccc2c(c1)CCCC2. The number of benzene rings is 2. The summed E-state index contributed by atoms with van der Waals surface area (Å²) in [5.41, 5.74) is 4.54. The summed E-state index contributed by atoms with van der Waals surface area (Å²) in [5, 5.41) is 5.62. The average Bonchev–Trinajstić information content (AvgIpc) is 2.65. The number of carbonyl (C=O) groups is 1. The third kappa shape index (κ3) is 4.69. The van der Waals surface area contributed by atoms with Crippen LogP contribution in [0.5, 0.6) is 11.5 Å². The Bertz CT molecular complexity index is 774. The fourth-order valence-corrected chi connectivity index (χ4v) is 3.22. The number of aryl methyl sites for hydroxylation is 3. The van der Waals surface area contributed by atoms with Gasteiger partial charge in [0.25, 0.3) is 0 Å². The molecule has 0 aromatic heterocycles. The van der Waals surface area contributed by atoms with E-state index in [1.165, 1.54) is 30.4 Å². The number of hydrogen-bond acceptors (Lipinski definition) is 3. The van der Waals surface area contributed by atoms with Crippen LogP contribution in [0.2, 0.25) is 0 Å². The van der Waals surface area contributed by atoms with Gasteiger partial charge in [-0.05, 0) is 73.6 Å². The van der Waals surface area contributed by atoms with E-state index in [9.17, 15) is 4.79 Å². The summed E-state index contributed by atoms with van der Waals surface area (Å²) in [6.07, 6.45) is 4.82. The molecule has 2 aromatic carbocycles. The third-order valence-corrected chi connectivity index (χ3v) is 4.58. The van der Waals surface area contributed by atoms with Crippen LogP contribution in [0.15, 0.2) is 36.4 Å². The highest BCUT2D eigenvalue weighted by molar-refractivity contribution is 5.91. The maximum Gasteiger partial charge on any atom is 0.319 e. The van der Waals surface area contributed by atoms with Crippen molar-refractivity contribution in [1.29, 1.82) is 0 Å². The fraction of sp³-hybridized carbons (Fsp3) is 0.381. The summed E-state index contributed by atoms with van der Waals surface area (Å²) in [6.45, 7) is 2.82. The van der Waals surface area contributed by atoms with E-state index in [1.54, 1.807) is 7.11 Å². The van der Waals surface area contributed by atoms with Crippen LogP contribution < -0.4 is 20.1 Å². The number of methoxy groups -OCH3 is 1. The van der Waals surface area contributed by atoms with Crippen LogP contribution >= 0.6 is 0 Å². The molecule has 26 heavy (non-hydrogen) atoms. The quantitative estimate of drug-likeness (QED) is 0.769. The number of carbonyl (C=O) groups excluding carboxylic acids is 1. The number of hydrogen-bond donors (Lipinski definition) is 2. The Balaban J connectivity index is 1.45. The van der Waals surface area contributed by atoms with E-state index in [2.05, 4.69) is 22.8 Å². The maximum absolute atomic E-state index is 12.1. The Morgan fingerprint density at radius 1 is 1.08 bits per heavy atom. The summed E-state index contributed by atoms with van der Waals surface area (Å²) in [4.78, 5) is 12.1. The van der Waals surface area contributed by atoms with Crippen LogP contribution in [0.4, 0.5) is 10.5 Å². The molecule has 0 spiro atoms. The van der Waals surface area contributed by atoms with Gasteiger partial charge in [-0.3, -0.25) is 0 Å². The zero-order valence-corrected chi connectivity index (χ0v) is 15.4. The topological polar surface area (TPSA) is 59.6 Å². The van der Waals surface area contributed by atoms with Gasteiger partial charge in [0, 0.05) is 0 Å². The Hall–Kier alpha value is -2.69. The Kier molecular flexibility index (Phi) is 6.00. The molecule has 2 N–H and O–H groups in total. The van der Waals surface area contributed by atoms with E-state index < -0.39 is 0 Å². The van der Waals surface area contributed by atoms with Crippen LogP contribution in [0.25, 0.3) is 0 Å². The van der Waals surface area contributed by atoms with Gasteiger partial charge in [0.05, 0.1) is 19.3 Å². The van der Waals surface area contributed by atoms with Gasteiger partial charge in [0.2, 0.25) is 0 Å². The second-order valence-corrected chi connectivity index (χ2v) is 6.57. The Labute approximate surface area is 154 Å². The molecule has 3 rings (SSSR count). The van der Waals surface area contributed by atoms with E-state index in [0.29, 0.717) is 24.6 Å². The maximum atomic E-state index is 12.1. The molecule has 0 radical (unpaired) electrons. The minimum atomic E-state index is -0.275. The van der Waals surface area contributed by atoms with Crippen LogP contribution in [0.3, 0.4) is 0 Å². The molecule has 0 fully saturated rings. The first kappa shape index (κ1) is 18.1. The summed E-state index contributed by atoms with van der Waals surface area (Å²) >= 11 is 0. The van der Waals surface area contributed by atoms with E-state index in [4.69, 9.17) is 9.47 Å². The molecule has 0 heterocycles. The number of urea groups is 1. The first-order valence-corrected chi connectivity index (χ1v) is 9.10. The molecule has 2 amide bonds. The highest BCUT2D eigenvalue weighted by atomic mass is 16.5. The molecule has 0 bridgehead atoms. The molecule has 0 aliphatic heterocycles. The lowest BCUT2D eigenvalue weighted by atomic mass is 9.92. The third-order valence-electron chi connectivity index (χ3n) is 4.58. The number of ether oxygens (including phenoxy) is 2. The second-order valence-electron chi connectivity index (χ2n) is 6.57. The van der Waals surface area contributed by atoms with Crippen molar-refractivity contribution < 1.29 is 14.3 Å². The van der Waals surface area contributed by atoms with Gasteiger partial charge in [0.1, 0.15) is 18.1 Å². The normalized spacial score (nSPS) is 12.8. The molecule has 0 atom stereocenters. The summed E-state index contributed by atoms with van der Waals surface area (Å²) in [6, 6.07) is 11.7. The zero-order chi connectivity index (χ0) is 18.4. The summed E-state index contributed by atoms with van der Waals surface area (Å²) < 4.78 is 11.0. The minimum Gasteiger partial charge on any atom is -0.495 e. The van der Waals surface area contributed by atoms with Crippen molar-refractivity contribution in [2.75, 3.05) is 25.6 Å². The van der Waals surface area contributed by atoms with Crippen molar-refractivity contribution in [2.45, 2.75) is 32.6 Å². The number of anilines is 1. The second kappa shape index (κ2) is 8.61. The summed E-state index contributed by atoms with van der Waals surface area (Å²) in [7, 11) is 1.58. The van der Waals surface area contributed by atoms with E-state index in [0.717, 1.165) is 17.7 Å². The molecule has 1 aliphatic carbocycles. The van der Waals surface area contributed by atoms with Crippen molar-refractivity contribution in [2.24, 2.45) is 0 Å². The van der Waals surface area contributed by atoms with Gasteiger partial charge in [0.15, 0.2) is 0 Å². The molecule has 2 aromatic rings. The minimum absolute atomic E-state index is 0.275. The zero-order valence-electron chi connectivity index (χ0n) is 15.4. The molecule has 5 nitrogen and oxygen atoms in total. The predicted octanol–water partition coefficient (Wildman–Crippen LogP) is 4.08. The van der Waals surface area contributed by atoms with Crippen molar-refractivity contribution in [3.63, 3.8) is 0 Å². The van der Waals surface area contributed by atoms with Gasteiger partial charge in [-0.1, -0.05) is 12.1 Å². The number of rotatable bonds is 6. The largest absolute Gasteiger partial charge is 0.495 e. The number of fused-ring (bicyclic) bond motifs is 1. The Morgan fingerprint density at radius 2 is 1.88 bits per heavy atom. The first-order chi connectivity index (χ1) is 12.7. The molecule has 0 unspecified atom stereocenters. The predicted molar refractivity (Wildman–Crippen MR) is 103 cm³/mol. The molecule has 0 saturated heterocycles. The van der Waals surface area contributed by atoms with Crippen molar-refractivity contribution >= 4 is 11.7 Å². The van der Waals surface area contributed by atoms with Crippen molar-refractivity contribution in [3.8, 4) is 11.5 Å². The molecule has 1 aliphatic rings. The van der Waals surface area contributed by atoms with Crippen LogP contribution in [0.1, 0.15) is 29.5 Å². The molecular weight excluding hydrogens is 328 g/mol. The van der Waals surface area contributed by atoms with E-state index in [-0.39, 0.29) is 6.03 Å². The lowest BCUT2D eigenvalue weighted by molar-refractivity contribution is 0.247. The molecule has 0 saturated carbocycles. The van der Waals surface area contributed by atoms with Crippen LogP contribution in [-0.4, -0.2) is 26.3 Å². The monoisotopic (exact) mass is 354 g/mol. The Morgan fingerprint density at radius 3 is 2.69 bits per heavy atom. The lowest BCUT2D eigenvalue weighted by Gasteiger charge is -2.17. The van der Waals surface area contributed by atoms with E-state index in [1.807, 2.05) is 31.2 Å². The van der Waals surface area contributed by atoms with Crippen LogP contribution in [-0.2, 0) is 12.8 Å². The highest BCUT2D eigenvalue weighted by Gasteiger charge is 2.10.